The van der Waals surface area contributed by atoms with Crippen LogP contribution in [0.3, 0.4) is 0 Å². The van der Waals surface area contributed by atoms with Crippen LogP contribution in [0.5, 0.6) is 0 Å². The summed E-state index contributed by atoms with van der Waals surface area (Å²) in [6, 6.07) is 5.90. The predicted molar refractivity (Wildman–Crippen MR) is 67.6 cm³/mol. The van der Waals surface area contributed by atoms with E-state index in [2.05, 4.69) is 4.90 Å². The van der Waals surface area contributed by atoms with Crippen LogP contribution in [0, 0.1) is 0 Å². The molecule has 0 fully saturated rings. The van der Waals surface area contributed by atoms with Gasteiger partial charge in [-0.25, -0.2) is 0 Å². The Bertz CT molecular complexity index is 408. The zero-order valence-corrected chi connectivity index (χ0v) is 9.80. The standard InChI is InChI=1S/C11H15N3OS/c12-8-1-2-10-9(7-8)14(5-6-16-10)4-3-11(13)15/h1-2,7H,3-6,12H2,(H2,13,15). The fraction of sp³-hybridized carbons (Fsp3) is 0.364. The quantitative estimate of drug-likeness (QED) is 0.771. The lowest BCUT2D eigenvalue weighted by Crippen LogP contribution is -2.32. The van der Waals surface area contributed by atoms with Gasteiger partial charge in [0.05, 0.1) is 5.69 Å². The van der Waals surface area contributed by atoms with Crippen LogP contribution in [0.4, 0.5) is 11.4 Å². The van der Waals surface area contributed by atoms with E-state index in [4.69, 9.17) is 11.5 Å². The maximum Gasteiger partial charge on any atom is 0.219 e. The van der Waals surface area contributed by atoms with Crippen LogP contribution in [-0.4, -0.2) is 24.7 Å². The van der Waals surface area contributed by atoms with E-state index in [9.17, 15) is 4.79 Å². The van der Waals surface area contributed by atoms with E-state index in [1.807, 2.05) is 30.0 Å². The molecule has 0 spiro atoms. The molecule has 1 aliphatic rings. The Morgan fingerprint density at radius 3 is 3.06 bits per heavy atom. The van der Waals surface area contributed by atoms with E-state index < -0.39 is 0 Å². The Hall–Kier alpha value is -1.36. The van der Waals surface area contributed by atoms with Crippen molar-refractivity contribution in [3.05, 3.63) is 18.2 Å². The first-order chi connectivity index (χ1) is 7.66. The summed E-state index contributed by atoms with van der Waals surface area (Å²) in [6.45, 7) is 1.61. The van der Waals surface area contributed by atoms with Crippen LogP contribution in [-0.2, 0) is 4.79 Å². The molecule has 1 aliphatic heterocycles. The molecule has 16 heavy (non-hydrogen) atoms. The van der Waals surface area contributed by atoms with Gasteiger partial charge in [-0.2, -0.15) is 0 Å². The number of nitrogens with zero attached hydrogens (tertiary/aromatic N) is 1. The topological polar surface area (TPSA) is 72.4 Å². The number of nitrogens with two attached hydrogens (primary N) is 2. The van der Waals surface area contributed by atoms with E-state index in [0.717, 1.165) is 23.7 Å². The monoisotopic (exact) mass is 237 g/mol. The third-order valence-corrected chi connectivity index (χ3v) is 3.61. The molecule has 86 valence electrons. The molecule has 4 N–H and O–H groups in total. The Balaban J connectivity index is 2.18. The lowest BCUT2D eigenvalue weighted by atomic mass is 10.2. The maximum atomic E-state index is 10.8. The average Bonchev–Trinajstić information content (AvgIpc) is 2.26. The van der Waals surface area contributed by atoms with Gasteiger partial charge in [0, 0.05) is 35.8 Å². The number of carbonyl (C=O) groups is 1. The third-order valence-electron chi connectivity index (χ3n) is 2.57. The van der Waals surface area contributed by atoms with E-state index in [1.54, 1.807) is 0 Å². The van der Waals surface area contributed by atoms with Gasteiger partial charge >= 0.3 is 0 Å². The van der Waals surface area contributed by atoms with Crippen molar-refractivity contribution in [1.29, 1.82) is 0 Å². The lowest BCUT2D eigenvalue weighted by molar-refractivity contribution is -0.117. The Morgan fingerprint density at radius 2 is 2.31 bits per heavy atom. The van der Waals surface area contributed by atoms with Gasteiger partial charge in [0.1, 0.15) is 0 Å². The predicted octanol–water partition coefficient (Wildman–Crippen LogP) is 1.06. The highest BCUT2D eigenvalue weighted by Crippen LogP contribution is 2.35. The summed E-state index contributed by atoms with van der Waals surface area (Å²) in [6.07, 6.45) is 0.388. The second-order valence-electron chi connectivity index (χ2n) is 3.78. The number of carbonyl (C=O) groups excluding carboxylic acids is 1. The molecule has 1 heterocycles. The molecule has 5 heteroatoms. The summed E-state index contributed by atoms with van der Waals surface area (Å²) < 4.78 is 0. The van der Waals surface area contributed by atoms with Crippen LogP contribution in [0.2, 0.25) is 0 Å². The molecule has 0 radical (unpaired) electrons. The van der Waals surface area contributed by atoms with Crippen molar-refractivity contribution in [2.45, 2.75) is 11.3 Å². The van der Waals surface area contributed by atoms with Gasteiger partial charge in [-0.3, -0.25) is 4.79 Å². The van der Waals surface area contributed by atoms with E-state index >= 15 is 0 Å². The van der Waals surface area contributed by atoms with Gasteiger partial charge in [0.25, 0.3) is 0 Å². The van der Waals surface area contributed by atoms with Crippen molar-refractivity contribution in [2.75, 3.05) is 29.5 Å². The number of hydrogen-bond donors (Lipinski definition) is 2. The molecule has 0 aromatic heterocycles. The molecular formula is C11H15N3OS. The van der Waals surface area contributed by atoms with E-state index in [-0.39, 0.29) is 5.91 Å². The van der Waals surface area contributed by atoms with Crippen LogP contribution in [0.1, 0.15) is 6.42 Å². The summed E-state index contributed by atoms with van der Waals surface area (Å²) in [4.78, 5) is 14.2. The van der Waals surface area contributed by atoms with Gasteiger partial charge in [-0.15, -0.1) is 11.8 Å². The highest BCUT2D eigenvalue weighted by molar-refractivity contribution is 7.99. The SMILES string of the molecule is NC(=O)CCN1CCSc2ccc(N)cc21. The van der Waals surface area contributed by atoms with Crippen molar-refractivity contribution in [3.8, 4) is 0 Å². The molecule has 1 amide bonds. The van der Waals surface area contributed by atoms with Crippen LogP contribution >= 0.6 is 11.8 Å². The highest BCUT2D eigenvalue weighted by atomic mass is 32.2. The fourth-order valence-corrected chi connectivity index (χ4v) is 2.80. The first kappa shape index (κ1) is 11.1. The molecule has 0 saturated heterocycles. The summed E-state index contributed by atoms with van der Waals surface area (Å²) >= 11 is 1.82. The molecule has 0 unspecified atom stereocenters. The van der Waals surface area contributed by atoms with Crippen LogP contribution in [0.15, 0.2) is 23.1 Å². The number of amides is 1. The molecule has 0 atom stereocenters. The first-order valence-electron chi connectivity index (χ1n) is 5.22. The van der Waals surface area contributed by atoms with Gasteiger partial charge in [0.2, 0.25) is 5.91 Å². The summed E-state index contributed by atoms with van der Waals surface area (Å²) in [5, 5.41) is 0. The second-order valence-corrected chi connectivity index (χ2v) is 4.92. The number of benzene rings is 1. The molecule has 0 aliphatic carbocycles. The minimum Gasteiger partial charge on any atom is -0.399 e. The van der Waals surface area contributed by atoms with Gasteiger partial charge in [-0.1, -0.05) is 0 Å². The number of fused-ring (bicyclic) bond motifs is 1. The van der Waals surface area contributed by atoms with Crippen molar-refractivity contribution in [3.63, 3.8) is 0 Å². The Morgan fingerprint density at radius 1 is 1.50 bits per heavy atom. The molecule has 0 bridgehead atoms. The molecule has 2 rings (SSSR count). The lowest BCUT2D eigenvalue weighted by Gasteiger charge is -2.30. The number of hydrogen-bond acceptors (Lipinski definition) is 4. The van der Waals surface area contributed by atoms with Crippen molar-refractivity contribution >= 4 is 29.0 Å². The number of primary amides is 1. The third kappa shape index (κ3) is 2.41. The molecule has 0 saturated carbocycles. The fourth-order valence-electron chi connectivity index (χ4n) is 1.77. The minimum absolute atomic E-state index is 0.260. The van der Waals surface area contributed by atoms with Gasteiger partial charge in [-0.05, 0) is 18.2 Å². The average molecular weight is 237 g/mol. The summed E-state index contributed by atoms with van der Waals surface area (Å²) in [5.41, 5.74) is 12.8. The number of thioether (sulfide) groups is 1. The zero-order valence-electron chi connectivity index (χ0n) is 8.98. The van der Waals surface area contributed by atoms with Gasteiger partial charge < -0.3 is 16.4 Å². The Kier molecular flexibility index (Phi) is 3.24. The first-order valence-corrected chi connectivity index (χ1v) is 6.21. The molecule has 4 nitrogen and oxygen atoms in total. The molecular weight excluding hydrogens is 222 g/mol. The smallest absolute Gasteiger partial charge is 0.219 e. The number of rotatable bonds is 3. The summed E-state index contributed by atoms with van der Waals surface area (Å²) in [5.74, 6) is 0.777. The largest absolute Gasteiger partial charge is 0.399 e. The van der Waals surface area contributed by atoms with Crippen LogP contribution < -0.4 is 16.4 Å². The normalized spacial score (nSPS) is 14.6. The maximum absolute atomic E-state index is 10.8. The zero-order chi connectivity index (χ0) is 11.5. The van der Waals surface area contributed by atoms with Crippen molar-refractivity contribution in [2.24, 2.45) is 5.73 Å². The highest BCUT2D eigenvalue weighted by Gasteiger charge is 2.17. The summed E-state index contributed by atoms with van der Waals surface area (Å²) in [7, 11) is 0. The van der Waals surface area contributed by atoms with E-state index in [1.165, 1.54) is 4.90 Å². The van der Waals surface area contributed by atoms with Gasteiger partial charge in [0.15, 0.2) is 0 Å². The van der Waals surface area contributed by atoms with Crippen molar-refractivity contribution < 1.29 is 4.79 Å². The molecule has 1 aromatic rings. The number of anilines is 2. The minimum atomic E-state index is -0.260. The second kappa shape index (κ2) is 4.65. The van der Waals surface area contributed by atoms with Crippen molar-refractivity contribution in [1.82, 2.24) is 0 Å². The molecule has 1 aromatic carbocycles. The number of nitrogen functional groups attached to an aromatic ring is 1. The van der Waals surface area contributed by atoms with Crippen LogP contribution in [0.25, 0.3) is 0 Å². The van der Waals surface area contributed by atoms with E-state index in [0.29, 0.717) is 13.0 Å². The Labute approximate surface area is 99.0 Å².